The molecule has 0 aliphatic rings. The third-order valence-electron chi connectivity index (χ3n) is 3.26. The summed E-state index contributed by atoms with van der Waals surface area (Å²) >= 11 is 1.16. The molecule has 0 radical (unpaired) electrons. The number of benzene rings is 1. The Labute approximate surface area is 147 Å². The largest absolute Gasteiger partial charge is 0.494 e. The lowest BCUT2D eigenvalue weighted by molar-refractivity contribution is 0.395. The first-order valence-corrected chi connectivity index (χ1v) is 9.27. The zero-order chi connectivity index (χ0) is 16.0. The predicted octanol–water partition coefficient (Wildman–Crippen LogP) is 2.37. The molecule has 1 heterocycles. The molecule has 1 aromatic heterocycles. The second kappa shape index (κ2) is 9.24. The van der Waals surface area contributed by atoms with Gasteiger partial charge < -0.3 is 10.5 Å². The maximum Gasteiger partial charge on any atom is 0.256 e. The predicted molar refractivity (Wildman–Crippen MR) is 96.1 cm³/mol. The van der Waals surface area contributed by atoms with Crippen molar-refractivity contribution in [3.8, 4) is 5.75 Å². The van der Waals surface area contributed by atoms with E-state index in [1.165, 1.54) is 11.4 Å². The summed E-state index contributed by atoms with van der Waals surface area (Å²) in [6.07, 6.45) is 0.647. The van der Waals surface area contributed by atoms with Crippen LogP contribution in [0.2, 0.25) is 0 Å². The molecule has 8 heteroatoms. The van der Waals surface area contributed by atoms with Crippen LogP contribution < -0.4 is 10.5 Å². The van der Waals surface area contributed by atoms with Gasteiger partial charge in [-0.1, -0.05) is 30.3 Å². The van der Waals surface area contributed by atoms with Crippen molar-refractivity contribution in [3.05, 3.63) is 47.3 Å². The first-order valence-electron chi connectivity index (χ1n) is 6.95. The number of ether oxygens (including phenoxy) is 1. The molecule has 2 aromatic rings. The lowest BCUT2D eigenvalue weighted by atomic mass is 10.1. The Balaban J connectivity index is 0.00000264. The van der Waals surface area contributed by atoms with Gasteiger partial charge in [0.05, 0.1) is 7.11 Å². The van der Waals surface area contributed by atoms with Gasteiger partial charge in [-0.2, -0.15) is 4.31 Å². The van der Waals surface area contributed by atoms with Gasteiger partial charge in [-0.3, -0.25) is 0 Å². The Kier molecular flexibility index (Phi) is 8.01. The summed E-state index contributed by atoms with van der Waals surface area (Å²) in [7, 11) is -2.12. The first kappa shape index (κ1) is 19.9. The van der Waals surface area contributed by atoms with Crippen molar-refractivity contribution >= 4 is 33.8 Å². The Bertz CT molecular complexity index is 690. The Morgan fingerprint density at radius 3 is 2.48 bits per heavy atom. The molecule has 0 bridgehead atoms. The van der Waals surface area contributed by atoms with E-state index >= 15 is 0 Å². The van der Waals surface area contributed by atoms with Gasteiger partial charge >= 0.3 is 0 Å². The molecule has 2 N–H and O–H groups in total. The molecular weight excluding hydrogens is 356 g/mol. The number of methoxy groups -OCH3 is 1. The maximum absolute atomic E-state index is 12.8. The number of rotatable bonds is 8. The van der Waals surface area contributed by atoms with E-state index in [1.54, 1.807) is 11.4 Å². The average molecular weight is 377 g/mol. The molecule has 0 atom stereocenters. The molecular formula is C15H21ClN2O3S2. The Morgan fingerprint density at radius 2 is 1.87 bits per heavy atom. The minimum atomic E-state index is -3.59. The summed E-state index contributed by atoms with van der Waals surface area (Å²) in [4.78, 5) is 0. The standard InChI is InChI=1S/C15H20N2O3S2.ClH/c1-20-14-8-12-21-15(14)22(18,19)17(11-9-16)10-7-13-5-3-2-4-6-13;/h2-6,8,12H,7,9-11,16H2,1H3;1H. The molecule has 1 aromatic carbocycles. The van der Waals surface area contributed by atoms with Crippen LogP contribution in [0.4, 0.5) is 0 Å². The van der Waals surface area contributed by atoms with Crippen molar-refractivity contribution in [3.63, 3.8) is 0 Å². The molecule has 0 spiro atoms. The van der Waals surface area contributed by atoms with Crippen molar-refractivity contribution in [2.75, 3.05) is 26.7 Å². The van der Waals surface area contributed by atoms with Gasteiger partial charge in [0.15, 0.2) is 4.21 Å². The van der Waals surface area contributed by atoms with Crippen LogP contribution in [0.5, 0.6) is 5.75 Å². The minimum absolute atomic E-state index is 0. The number of hydrogen-bond acceptors (Lipinski definition) is 5. The van der Waals surface area contributed by atoms with Gasteiger partial charge in [0, 0.05) is 19.6 Å². The van der Waals surface area contributed by atoms with E-state index in [-0.39, 0.29) is 29.7 Å². The van der Waals surface area contributed by atoms with E-state index in [2.05, 4.69) is 0 Å². The lowest BCUT2D eigenvalue weighted by Gasteiger charge is -2.21. The van der Waals surface area contributed by atoms with Crippen LogP contribution in [0.25, 0.3) is 0 Å². The zero-order valence-corrected chi connectivity index (χ0v) is 15.3. The SMILES string of the molecule is COc1ccsc1S(=O)(=O)N(CCN)CCc1ccccc1.Cl. The zero-order valence-electron chi connectivity index (χ0n) is 12.8. The Morgan fingerprint density at radius 1 is 1.17 bits per heavy atom. The first-order chi connectivity index (χ1) is 10.6. The highest BCUT2D eigenvalue weighted by atomic mass is 35.5. The normalized spacial score (nSPS) is 11.3. The molecule has 0 aliphatic heterocycles. The topological polar surface area (TPSA) is 72.6 Å². The van der Waals surface area contributed by atoms with Gasteiger partial charge in [-0.15, -0.1) is 23.7 Å². The molecule has 128 valence electrons. The second-order valence-corrected chi connectivity index (χ2v) is 7.75. The third-order valence-corrected chi connectivity index (χ3v) is 6.58. The smallest absolute Gasteiger partial charge is 0.256 e. The molecule has 0 saturated heterocycles. The molecule has 0 aliphatic carbocycles. The van der Waals surface area contributed by atoms with E-state index in [0.717, 1.165) is 16.9 Å². The highest BCUT2D eigenvalue weighted by Crippen LogP contribution is 2.32. The summed E-state index contributed by atoms with van der Waals surface area (Å²) in [6, 6.07) is 11.5. The number of sulfonamides is 1. The van der Waals surface area contributed by atoms with Gasteiger partial charge in [0.1, 0.15) is 5.75 Å². The van der Waals surface area contributed by atoms with E-state index in [1.807, 2.05) is 30.3 Å². The van der Waals surface area contributed by atoms with Crippen molar-refractivity contribution in [2.24, 2.45) is 5.73 Å². The third kappa shape index (κ3) is 4.92. The molecule has 0 unspecified atom stereocenters. The molecule has 0 fully saturated rings. The fraction of sp³-hybridized carbons (Fsp3) is 0.333. The summed E-state index contributed by atoms with van der Waals surface area (Å²) in [5, 5.41) is 1.71. The van der Waals surface area contributed by atoms with E-state index in [4.69, 9.17) is 10.5 Å². The number of nitrogens with zero attached hydrogens (tertiary/aromatic N) is 1. The molecule has 0 amide bonds. The van der Waals surface area contributed by atoms with E-state index < -0.39 is 10.0 Å². The number of nitrogens with two attached hydrogens (primary N) is 1. The van der Waals surface area contributed by atoms with Crippen LogP contribution in [-0.4, -0.2) is 39.5 Å². The summed E-state index contributed by atoms with van der Waals surface area (Å²) < 4.78 is 32.4. The Hall–Kier alpha value is -1.12. The summed E-state index contributed by atoms with van der Waals surface area (Å²) in [6.45, 7) is 0.961. The maximum atomic E-state index is 12.8. The fourth-order valence-corrected chi connectivity index (χ4v) is 5.00. The van der Waals surface area contributed by atoms with Crippen molar-refractivity contribution in [1.82, 2.24) is 4.31 Å². The molecule has 2 rings (SSSR count). The quantitative estimate of drug-likeness (QED) is 0.767. The molecule has 23 heavy (non-hydrogen) atoms. The minimum Gasteiger partial charge on any atom is -0.494 e. The summed E-state index contributed by atoms with van der Waals surface area (Å²) in [5.41, 5.74) is 6.68. The van der Waals surface area contributed by atoms with E-state index in [0.29, 0.717) is 18.7 Å². The van der Waals surface area contributed by atoms with Crippen LogP contribution >= 0.6 is 23.7 Å². The van der Waals surface area contributed by atoms with Crippen molar-refractivity contribution < 1.29 is 13.2 Å². The number of hydrogen-bond donors (Lipinski definition) is 1. The van der Waals surface area contributed by atoms with Gasteiger partial charge in [0.25, 0.3) is 10.0 Å². The van der Waals surface area contributed by atoms with Gasteiger partial charge in [0.2, 0.25) is 0 Å². The van der Waals surface area contributed by atoms with Gasteiger partial charge in [-0.25, -0.2) is 8.42 Å². The summed E-state index contributed by atoms with van der Waals surface area (Å²) in [5.74, 6) is 0.381. The van der Waals surface area contributed by atoms with Gasteiger partial charge in [-0.05, 0) is 23.4 Å². The highest BCUT2D eigenvalue weighted by molar-refractivity contribution is 7.91. The number of halogens is 1. The monoisotopic (exact) mass is 376 g/mol. The van der Waals surface area contributed by atoms with Crippen molar-refractivity contribution in [2.45, 2.75) is 10.6 Å². The second-order valence-electron chi connectivity index (χ2n) is 4.70. The van der Waals surface area contributed by atoms with Crippen LogP contribution in [0.1, 0.15) is 5.56 Å². The van der Waals surface area contributed by atoms with Crippen LogP contribution in [0.15, 0.2) is 46.0 Å². The average Bonchev–Trinajstić information content (AvgIpc) is 3.01. The van der Waals surface area contributed by atoms with Crippen LogP contribution in [0.3, 0.4) is 0 Å². The molecule has 0 saturated carbocycles. The lowest BCUT2D eigenvalue weighted by Crippen LogP contribution is -2.36. The van der Waals surface area contributed by atoms with Crippen LogP contribution in [-0.2, 0) is 16.4 Å². The number of thiophene rings is 1. The highest BCUT2D eigenvalue weighted by Gasteiger charge is 2.28. The van der Waals surface area contributed by atoms with Crippen molar-refractivity contribution in [1.29, 1.82) is 0 Å². The fourth-order valence-electron chi connectivity index (χ4n) is 2.13. The van der Waals surface area contributed by atoms with Crippen LogP contribution in [0, 0.1) is 0 Å². The van der Waals surface area contributed by atoms with E-state index in [9.17, 15) is 8.42 Å². The molecule has 5 nitrogen and oxygen atoms in total.